The maximum atomic E-state index is 11.2. The van der Waals surface area contributed by atoms with E-state index >= 15 is 0 Å². The Morgan fingerprint density at radius 2 is 2.29 bits per heavy atom. The van der Waals surface area contributed by atoms with Crippen molar-refractivity contribution in [1.82, 2.24) is 9.97 Å². The van der Waals surface area contributed by atoms with Crippen LogP contribution in [0.2, 0.25) is 0 Å². The molecule has 108 valence electrons. The summed E-state index contributed by atoms with van der Waals surface area (Å²) < 4.78 is 0.837. The van der Waals surface area contributed by atoms with E-state index in [4.69, 9.17) is 0 Å². The second kappa shape index (κ2) is 5.74. The van der Waals surface area contributed by atoms with E-state index in [0.29, 0.717) is 12.2 Å². The molecule has 0 aliphatic rings. The third kappa shape index (κ3) is 3.01. The minimum absolute atomic E-state index is 0.0874. The van der Waals surface area contributed by atoms with Gasteiger partial charge in [0.05, 0.1) is 31.4 Å². The van der Waals surface area contributed by atoms with Crippen LogP contribution in [0.4, 0.5) is 11.4 Å². The van der Waals surface area contributed by atoms with Crippen molar-refractivity contribution in [3.8, 4) is 0 Å². The number of aromatic nitrogens is 2. The molecule has 3 rings (SSSR count). The van der Waals surface area contributed by atoms with Crippen molar-refractivity contribution < 1.29 is 4.92 Å². The van der Waals surface area contributed by atoms with E-state index in [1.165, 1.54) is 11.3 Å². The molecule has 2 heterocycles. The van der Waals surface area contributed by atoms with Crippen molar-refractivity contribution in [3.05, 3.63) is 43.8 Å². The largest absolute Gasteiger partial charge is 0.379 e. The molecule has 0 aliphatic carbocycles. The molecular weight excluding hydrogens is 308 g/mol. The van der Waals surface area contributed by atoms with E-state index in [0.717, 1.165) is 27.3 Å². The van der Waals surface area contributed by atoms with Crippen LogP contribution in [0.15, 0.2) is 23.0 Å². The number of anilines is 1. The molecule has 2 aromatic heterocycles. The standard InChI is InChI=1S/C13H12N4O2S2/c1-8-16-11-4-10(12(17(18)19)5-13(11)21-8)14-3-2-9-6-20-7-15-9/h4-7,14H,2-3H2,1H3. The predicted molar refractivity (Wildman–Crippen MR) is 85.3 cm³/mol. The van der Waals surface area contributed by atoms with Gasteiger partial charge < -0.3 is 5.32 Å². The van der Waals surface area contributed by atoms with E-state index in [1.807, 2.05) is 12.3 Å². The lowest BCUT2D eigenvalue weighted by molar-refractivity contribution is -0.383. The number of thiazole rings is 2. The first-order valence-corrected chi connectivity index (χ1v) is 8.06. The molecule has 1 aromatic carbocycles. The lowest BCUT2D eigenvalue weighted by Crippen LogP contribution is -2.07. The third-order valence-electron chi connectivity index (χ3n) is 2.99. The second-order valence-corrected chi connectivity index (χ2v) is 6.44. The van der Waals surface area contributed by atoms with Gasteiger partial charge in [0.15, 0.2) is 0 Å². The van der Waals surface area contributed by atoms with Gasteiger partial charge in [-0.2, -0.15) is 0 Å². The Bertz CT molecular complexity index is 783. The highest BCUT2D eigenvalue weighted by molar-refractivity contribution is 7.18. The topological polar surface area (TPSA) is 81.0 Å². The predicted octanol–water partition coefficient (Wildman–Crippen LogP) is 3.62. The fourth-order valence-electron chi connectivity index (χ4n) is 2.06. The van der Waals surface area contributed by atoms with Crippen molar-refractivity contribution in [2.24, 2.45) is 0 Å². The quantitative estimate of drug-likeness (QED) is 0.573. The molecule has 0 spiro atoms. The zero-order valence-corrected chi connectivity index (χ0v) is 12.8. The highest BCUT2D eigenvalue weighted by atomic mass is 32.1. The van der Waals surface area contributed by atoms with E-state index in [9.17, 15) is 10.1 Å². The van der Waals surface area contributed by atoms with Crippen molar-refractivity contribution in [2.75, 3.05) is 11.9 Å². The van der Waals surface area contributed by atoms with Crippen molar-refractivity contribution in [1.29, 1.82) is 0 Å². The fourth-order valence-corrected chi connectivity index (χ4v) is 3.49. The first-order chi connectivity index (χ1) is 10.1. The second-order valence-electron chi connectivity index (χ2n) is 4.48. The number of nitrogens with zero attached hydrogens (tertiary/aromatic N) is 3. The minimum Gasteiger partial charge on any atom is -0.379 e. The molecule has 0 unspecified atom stereocenters. The Morgan fingerprint density at radius 1 is 1.43 bits per heavy atom. The van der Waals surface area contributed by atoms with E-state index in [1.54, 1.807) is 29.0 Å². The van der Waals surface area contributed by atoms with Crippen LogP contribution in [-0.2, 0) is 6.42 Å². The summed E-state index contributed by atoms with van der Waals surface area (Å²) in [5, 5.41) is 17.2. The van der Waals surface area contributed by atoms with Crippen LogP contribution in [0.1, 0.15) is 10.7 Å². The maximum Gasteiger partial charge on any atom is 0.293 e. The Balaban J connectivity index is 1.84. The summed E-state index contributed by atoms with van der Waals surface area (Å²) in [6.07, 6.45) is 0.731. The summed E-state index contributed by atoms with van der Waals surface area (Å²) in [5.41, 5.74) is 4.15. The maximum absolute atomic E-state index is 11.2. The van der Waals surface area contributed by atoms with Gasteiger partial charge in [-0.1, -0.05) is 0 Å². The normalized spacial score (nSPS) is 10.9. The number of aryl methyl sites for hydroxylation is 1. The highest BCUT2D eigenvalue weighted by Gasteiger charge is 2.16. The average molecular weight is 320 g/mol. The highest BCUT2D eigenvalue weighted by Crippen LogP contribution is 2.32. The smallest absolute Gasteiger partial charge is 0.293 e. The van der Waals surface area contributed by atoms with Crippen molar-refractivity contribution in [3.63, 3.8) is 0 Å². The summed E-state index contributed by atoms with van der Waals surface area (Å²) in [4.78, 5) is 19.4. The monoisotopic (exact) mass is 320 g/mol. The van der Waals surface area contributed by atoms with Crippen molar-refractivity contribution in [2.45, 2.75) is 13.3 Å². The number of benzene rings is 1. The molecule has 1 N–H and O–H groups in total. The Morgan fingerprint density at radius 3 is 3.00 bits per heavy atom. The van der Waals surface area contributed by atoms with Crippen LogP contribution >= 0.6 is 22.7 Å². The lowest BCUT2D eigenvalue weighted by Gasteiger charge is -2.06. The first-order valence-electron chi connectivity index (χ1n) is 6.30. The van der Waals surface area contributed by atoms with Gasteiger partial charge in [0.2, 0.25) is 0 Å². The molecule has 0 aliphatic heterocycles. The SMILES string of the molecule is Cc1nc2cc(NCCc3cscn3)c([N+](=O)[O-])cc2s1. The zero-order chi connectivity index (χ0) is 14.8. The van der Waals surface area contributed by atoms with Gasteiger partial charge in [-0.3, -0.25) is 10.1 Å². The van der Waals surface area contributed by atoms with Gasteiger partial charge in [0.1, 0.15) is 5.69 Å². The summed E-state index contributed by atoms with van der Waals surface area (Å²) in [7, 11) is 0. The number of nitrogens with one attached hydrogen (secondary N) is 1. The molecule has 6 nitrogen and oxygen atoms in total. The number of hydrogen-bond donors (Lipinski definition) is 1. The van der Waals surface area contributed by atoms with Crippen LogP contribution in [0.25, 0.3) is 10.2 Å². The average Bonchev–Trinajstić information content (AvgIpc) is 3.05. The summed E-state index contributed by atoms with van der Waals surface area (Å²) >= 11 is 3.01. The lowest BCUT2D eigenvalue weighted by atomic mass is 10.2. The number of fused-ring (bicyclic) bond motifs is 1. The van der Waals surface area contributed by atoms with Gasteiger partial charge in [-0.15, -0.1) is 22.7 Å². The molecule has 0 fully saturated rings. The van der Waals surface area contributed by atoms with Crippen LogP contribution < -0.4 is 5.32 Å². The fraction of sp³-hybridized carbons (Fsp3) is 0.231. The molecule has 0 amide bonds. The minimum atomic E-state index is -0.361. The van der Waals surface area contributed by atoms with Crippen LogP contribution in [-0.4, -0.2) is 21.4 Å². The number of nitro groups is 1. The van der Waals surface area contributed by atoms with Crippen LogP contribution in [0.5, 0.6) is 0 Å². The Labute approximate surface area is 128 Å². The van der Waals surface area contributed by atoms with Gasteiger partial charge in [0.25, 0.3) is 5.69 Å². The molecule has 8 heteroatoms. The molecular formula is C13H12N4O2S2. The molecule has 0 atom stereocenters. The number of rotatable bonds is 5. The molecule has 0 saturated heterocycles. The third-order valence-corrected chi connectivity index (χ3v) is 4.56. The number of nitro benzene ring substituents is 1. The molecule has 0 bridgehead atoms. The molecule has 21 heavy (non-hydrogen) atoms. The van der Waals surface area contributed by atoms with Gasteiger partial charge in [-0.25, -0.2) is 9.97 Å². The summed E-state index contributed by atoms with van der Waals surface area (Å²) in [5.74, 6) is 0. The van der Waals surface area contributed by atoms with Crippen molar-refractivity contribution >= 4 is 44.3 Å². The van der Waals surface area contributed by atoms with E-state index < -0.39 is 0 Å². The molecule has 0 radical (unpaired) electrons. The number of hydrogen-bond acceptors (Lipinski definition) is 7. The summed E-state index contributed by atoms with van der Waals surface area (Å²) in [6.45, 7) is 2.49. The molecule has 3 aromatic rings. The summed E-state index contributed by atoms with van der Waals surface area (Å²) in [6, 6.07) is 3.34. The Kier molecular flexibility index (Phi) is 3.80. The zero-order valence-electron chi connectivity index (χ0n) is 11.2. The van der Waals surface area contributed by atoms with Gasteiger partial charge in [0, 0.05) is 24.4 Å². The van der Waals surface area contributed by atoms with Crippen LogP contribution in [0, 0.1) is 17.0 Å². The van der Waals surface area contributed by atoms with Crippen LogP contribution in [0.3, 0.4) is 0 Å². The Hall–Kier alpha value is -2.06. The van der Waals surface area contributed by atoms with Gasteiger partial charge in [-0.05, 0) is 13.0 Å². The first kappa shape index (κ1) is 13.9. The van der Waals surface area contributed by atoms with E-state index in [2.05, 4.69) is 15.3 Å². The van der Waals surface area contributed by atoms with E-state index in [-0.39, 0.29) is 10.6 Å². The van der Waals surface area contributed by atoms with Gasteiger partial charge >= 0.3 is 0 Å². The molecule has 0 saturated carbocycles.